The summed E-state index contributed by atoms with van der Waals surface area (Å²) in [5, 5.41) is 29.3. The van der Waals surface area contributed by atoms with Gasteiger partial charge in [-0.2, -0.15) is 15.8 Å². The Kier molecular flexibility index (Phi) is 4.26. The highest BCUT2D eigenvalue weighted by atomic mass is 19.1. The van der Waals surface area contributed by atoms with Crippen LogP contribution in [0.3, 0.4) is 0 Å². The van der Waals surface area contributed by atoms with Crippen molar-refractivity contribution in [3.05, 3.63) is 58.3 Å². The topological polar surface area (TPSA) is 97.4 Å². The van der Waals surface area contributed by atoms with Crippen LogP contribution in [0.15, 0.2) is 41.1 Å². The molecule has 0 spiro atoms. The van der Waals surface area contributed by atoms with Crippen LogP contribution in [0.25, 0.3) is 0 Å². The third-order valence-electron chi connectivity index (χ3n) is 5.41. The van der Waals surface area contributed by atoms with Gasteiger partial charge in [0.15, 0.2) is 5.41 Å². The second kappa shape index (κ2) is 6.28. The molecule has 0 bridgehead atoms. The van der Waals surface area contributed by atoms with Crippen molar-refractivity contribution in [2.45, 2.75) is 25.7 Å². The first kappa shape index (κ1) is 17.6. The third kappa shape index (κ3) is 2.37. The van der Waals surface area contributed by atoms with E-state index in [1.165, 1.54) is 6.07 Å². The lowest BCUT2D eigenvalue weighted by molar-refractivity contribution is 0.278. The predicted molar refractivity (Wildman–Crippen MR) is 89.6 cm³/mol. The summed E-state index contributed by atoms with van der Waals surface area (Å²) >= 11 is 0. The fourth-order valence-electron chi connectivity index (χ4n) is 4.17. The lowest BCUT2D eigenvalue weighted by Crippen LogP contribution is -2.43. The fraction of sp³-hybridized carbons (Fsp3) is 0.350. The summed E-state index contributed by atoms with van der Waals surface area (Å²) < 4.78 is 28.0. The molecule has 6 heteroatoms. The fourth-order valence-corrected chi connectivity index (χ4v) is 4.17. The highest BCUT2D eigenvalue weighted by Crippen LogP contribution is 2.56. The molecule has 0 unspecified atom stereocenters. The molecule has 0 radical (unpaired) electrons. The maximum atomic E-state index is 14.6. The van der Waals surface area contributed by atoms with E-state index in [1.807, 2.05) is 31.2 Å². The van der Waals surface area contributed by atoms with Crippen LogP contribution < -0.4 is 5.73 Å². The Labute approximate surface area is 150 Å². The zero-order valence-corrected chi connectivity index (χ0v) is 14.1. The largest absolute Gasteiger partial charge is 0.399 e. The van der Waals surface area contributed by atoms with Crippen molar-refractivity contribution in [1.29, 1.82) is 15.8 Å². The van der Waals surface area contributed by atoms with Crippen LogP contribution in [0, 0.1) is 62.9 Å². The van der Waals surface area contributed by atoms with Crippen LogP contribution in [0.1, 0.15) is 31.2 Å². The predicted octanol–water partition coefficient (Wildman–Crippen LogP) is 3.80. The summed E-state index contributed by atoms with van der Waals surface area (Å²) in [7, 11) is 0. The van der Waals surface area contributed by atoms with Crippen LogP contribution in [0.5, 0.6) is 0 Å². The number of allylic oxidation sites excluding steroid dienone is 4. The Morgan fingerprint density at radius 1 is 1.19 bits per heavy atom. The molecular weight excluding hydrogens is 334 g/mol. The monoisotopic (exact) mass is 350 g/mol. The van der Waals surface area contributed by atoms with Crippen molar-refractivity contribution in [3.8, 4) is 18.2 Å². The van der Waals surface area contributed by atoms with Gasteiger partial charge in [0.2, 0.25) is 0 Å². The summed E-state index contributed by atoms with van der Waals surface area (Å²) in [5.74, 6) is -2.65. The zero-order chi connectivity index (χ0) is 19.1. The maximum Gasteiger partial charge on any atom is 0.191 e. The lowest BCUT2D eigenvalue weighted by atomic mass is 9.56. The smallest absolute Gasteiger partial charge is 0.191 e. The van der Waals surface area contributed by atoms with Crippen LogP contribution in [-0.4, -0.2) is 0 Å². The first-order valence-corrected chi connectivity index (χ1v) is 8.27. The summed E-state index contributed by atoms with van der Waals surface area (Å²) in [5.41, 5.74) is 4.92. The van der Waals surface area contributed by atoms with E-state index in [0.29, 0.717) is 12.0 Å². The molecule has 0 aromatic heterocycles. The molecule has 2 aliphatic rings. The minimum Gasteiger partial charge on any atom is -0.399 e. The summed E-state index contributed by atoms with van der Waals surface area (Å²) in [6, 6.07) is 9.00. The first-order chi connectivity index (χ1) is 12.4. The average molecular weight is 350 g/mol. The van der Waals surface area contributed by atoms with Gasteiger partial charge in [-0.1, -0.05) is 19.1 Å². The van der Waals surface area contributed by atoms with Gasteiger partial charge in [0.05, 0.1) is 23.4 Å². The van der Waals surface area contributed by atoms with Crippen molar-refractivity contribution >= 4 is 0 Å². The molecule has 2 N–H and O–H groups in total. The van der Waals surface area contributed by atoms with E-state index in [9.17, 15) is 24.6 Å². The maximum absolute atomic E-state index is 14.6. The average Bonchev–Trinajstić information content (AvgIpc) is 2.62. The van der Waals surface area contributed by atoms with E-state index in [2.05, 4.69) is 0 Å². The third-order valence-corrected chi connectivity index (χ3v) is 5.41. The quantitative estimate of drug-likeness (QED) is 0.833. The molecular formula is C20H16F2N4. The van der Waals surface area contributed by atoms with Gasteiger partial charge in [-0.15, -0.1) is 0 Å². The summed E-state index contributed by atoms with van der Waals surface area (Å²) in [6.07, 6.45) is 3.20. The SMILES string of the molecule is C[C@H]1CC=C2C(C#N)=C(N)C(C#N)(C#N)[C@H](c3ccc(F)cc3F)[C@H]2C1. The number of benzene rings is 1. The van der Waals surface area contributed by atoms with Gasteiger partial charge >= 0.3 is 0 Å². The standard InChI is InChI=1S/C20H16F2N4/c1-11-2-4-13-15(6-11)18(14-5-3-12(21)7-17(14)22)20(9-24,10-25)19(26)16(13)8-23/h3-5,7,11,15,18H,2,6,26H2,1H3/t11-,15-,18+/m0/s1. The van der Waals surface area contributed by atoms with Gasteiger partial charge in [0.1, 0.15) is 17.7 Å². The minimum atomic E-state index is -1.89. The van der Waals surface area contributed by atoms with E-state index >= 15 is 0 Å². The molecule has 0 fully saturated rings. The molecule has 0 aliphatic heterocycles. The van der Waals surface area contributed by atoms with Crippen molar-refractivity contribution < 1.29 is 8.78 Å². The minimum absolute atomic E-state index is 0.0689. The molecule has 0 heterocycles. The number of nitrogens with zero attached hydrogens (tertiary/aromatic N) is 3. The first-order valence-electron chi connectivity index (χ1n) is 8.27. The van der Waals surface area contributed by atoms with Gasteiger partial charge in [-0.3, -0.25) is 0 Å². The van der Waals surface area contributed by atoms with E-state index < -0.39 is 28.9 Å². The zero-order valence-electron chi connectivity index (χ0n) is 14.1. The van der Waals surface area contributed by atoms with Crippen molar-refractivity contribution in [2.75, 3.05) is 0 Å². The molecule has 130 valence electrons. The highest BCUT2D eigenvalue weighted by molar-refractivity contribution is 5.59. The molecule has 1 aromatic carbocycles. The van der Waals surface area contributed by atoms with Crippen LogP contribution in [-0.2, 0) is 0 Å². The second-order valence-corrected chi connectivity index (χ2v) is 6.92. The number of hydrogen-bond donors (Lipinski definition) is 1. The Morgan fingerprint density at radius 3 is 2.46 bits per heavy atom. The molecule has 0 saturated carbocycles. The van der Waals surface area contributed by atoms with Gasteiger partial charge in [0.25, 0.3) is 0 Å². The lowest BCUT2D eigenvalue weighted by Gasteiger charge is -2.44. The number of halogens is 2. The van der Waals surface area contributed by atoms with Crippen LogP contribution >= 0.6 is 0 Å². The highest BCUT2D eigenvalue weighted by Gasteiger charge is 2.54. The number of nitrogens with two attached hydrogens (primary N) is 1. The molecule has 0 saturated heterocycles. The Morgan fingerprint density at radius 2 is 1.88 bits per heavy atom. The molecule has 0 amide bonds. The number of hydrogen-bond acceptors (Lipinski definition) is 4. The van der Waals surface area contributed by atoms with E-state index in [1.54, 1.807) is 0 Å². The number of fused-ring (bicyclic) bond motifs is 1. The number of nitriles is 3. The van der Waals surface area contributed by atoms with Gasteiger partial charge in [-0.25, -0.2) is 8.78 Å². The Hall–Kier alpha value is -3.17. The Balaban J connectivity index is 2.36. The van der Waals surface area contributed by atoms with E-state index in [4.69, 9.17) is 5.73 Å². The molecule has 3 rings (SSSR count). The van der Waals surface area contributed by atoms with Crippen molar-refractivity contribution in [3.63, 3.8) is 0 Å². The molecule has 26 heavy (non-hydrogen) atoms. The van der Waals surface area contributed by atoms with Crippen LogP contribution in [0.4, 0.5) is 8.78 Å². The van der Waals surface area contributed by atoms with Gasteiger partial charge in [0, 0.05) is 12.0 Å². The second-order valence-electron chi connectivity index (χ2n) is 6.92. The van der Waals surface area contributed by atoms with E-state index in [0.717, 1.165) is 18.6 Å². The molecule has 4 nitrogen and oxygen atoms in total. The molecule has 1 aromatic rings. The normalized spacial score (nSPS) is 26.8. The van der Waals surface area contributed by atoms with Gasteiger partial charge in [-0.05, 0) is 41.9 Å². The van der Waals surface area contributed by atoms with Crippen LogP contribution in [0.2, 0.25) is 0 Å². The molecule has 2 aliphatic carbocycles. The summed E-state index contributed by atoms with van der Waals surface area (Å²) in [6.45, 7) is 2.01. The summed E-state index contributed by atoms with van der Waals surface area (Å²) in [4.78, 5) is 0. The van der Waals surface area contributed by atoms with Gasteiger partial charge < -0.3 is 5.73 Å². The van der Waals surface area contributed by atoms with Crippen molar-refractivity contribution in [1.82, 2.24) is 0 Å². The van der Waals surface area contributed by atoms with Crippen molar-refractivity contribution in [2.24, 2.45) is 23.0 Å². The van der Waals surface area contributed by atoms with E-state index in [-0.39, 0.29) is 22.8 Å². The number of rotatable bonds is 1. The Bertz CT molecular complexity index is 941. The molecule has 3 atom stereocenters.